The van der Waals surface area contributed by atoms with E-state index in [9.17, 15) is 9.18 Å². The third-order valence-electron chi connectivity index (χ3n) is 2.70. The first-order valence-electron chi connectivity index (χ1n) is 5.69. The maximum absolute atomic E-state index is 13.8. The summed E-state index contributed by atoms with van der Waals surface area (Å²) in [6.07, 6.45) is 0. The van der Waals surface area contributed by atoms with Crippen molar-refractivity contribution < 1.29 is 13.9 Å². The van der Waals surface area contributed by atoms with Crippen LogP contribution in [-0.4, -0.2) is 30.6 Å². The Morgan fingerprint density at radius 3 is 2.72 bits per heavy atom. The summed E-state index contributed by atoms with van der Waals surface area (Å²) in [5, 5.41) is 0.0919. The number of benzene rings is 1. The number of nitrogens with zero attached hydrogens (tertiary/aromatic N) is 1. The monoisotopic (exact) mass is 273 g/mol. The van der Waals surface area contributed by atoms with Gasteiger partial charge in [-0.15, -0.1) is 0 Å². The maximum atomic E-state index is 13.8. The molecule has 3 nitrogen and oxygen atoms in total. The maximum Gasteiger partial charge on any atom is 0.319 e. The van der Waals surface area contributed by atoms with Crippen LogP contribution in [0.2, 0.25) is 5.02 Å². The van der Waals surface area contributed by atoms with Gasteiger partial charge in [0.2, 0.25) is 0 Å². The predicted molar refractivity (Wildman–Crippen MR) is 69.0 cm³/mol. The van der Waals surface area contributed by atoms with E-state index in [2.05, 4.69) is 4.74 Å². The Labute approximate surface area is 111 Å². The molecule has 0 aliphatic heterocycles. The van der Waals surface area contributed by atoms with Gasteiger partial charge in [0.1, 0.15) is 5.82 Å². The van der Waals surface area contributed by atoms with Crippen LogP contribution < -0.4 is 0 Å². The van der Waals surface area contributed by atoms with Gasteiger partial charge in [0.05, 0.1) is 18.7 Å². The van der Waals surface area contributed by atoms with E-state index in [1.165, 1.54) is 13.2 Å². The number of rotatable bonds is 5. The lowest BCUT2D eigenvalue weighted by molar-refractivity contribution is -0.142. The summed E-state index contributed by atoms with van der Waals surface area (Å²) < 4.78 is 18.4. The fourth-order valence-corrected chi connectivity index (χ4v) is 1.73. The molecule has 0 saturated heterocycles. The fourth-order valence-electron chi connectivity index (χ4n) is 1.54. The first-order valence-corrected chi connectivity index (χ1v) is 6.07. The van der Waals surface area contributed by atoms with Crippen molar-refractivity contribution in [2.24, 2.45) is 0 Å². The molecule has 0 amide bonds. The first-order chi connectivity index (χ1) is 8.45. The summed E-state index contributed by atoms with van der Waals surface area (Å²) in [5.41, 5.74) is 0.472. The quantitative estimate of drug-likeness (QED) is 0.773. The molecule has 0 saturated carbocycles. The molecule has 0 radical (unpaired) electrons. The van der Waals surface area contributed by atoms with E-state index in [1.54, 1.807) is 12.1 Å². The van der Waals surface area contributed by atoms with Gasteiger partial charge in [-0.05, 0) is 19.9 Å². The topological polar surface area (TPSA) is 29.5 Å². The summed E-state index contributed by atoms with van der Waals surface area (Å²) in [4.78, 5) is 13.1. The number of halogens is 2. The van der Waals surface area contributed by atoms with E-state index < -0.39 is 5.82 Å². The molecule has 100 valence electrons. The number of carbonyl (C=O) groups is 1. The van der Waals surface area contributed by atoms with E-state index in [0.717, 1.165) is 0 Å². The van der Waals surface area contributed by atoms with Crippen molar-refractivity contribution in [2.75, 3.05) is 13.7 Å². The van der Waals surface area contributed by atoms with Crippen molar-refractivity contribution in [2.45, 2.75) is 26.4 Å². The average Bonchev–Trinajstić information content (AvgIpc) is 2.33. The van der Waals surface area contributed by atoms with Gasteiger partial charge in [-0.3, -0.25) is 9.69 Å². The minimum Gasteiger partial charge on any atom is -0.468 e. The third kappa shape index (κ3) is 3.96. The smallest absolute Gasteiger partial charge is 0.319 e. The number of ether oxygens (including phenoxy) is 1. The van der Waals surface area contributed by atoms with Crippen LogP contribution in [0.4, 0.5) is 4.39 Å². The van der Waals surface area contributed by atoms with Crippen LogP contribution in [0.25, 0.3) is 0 Å². The highest BCUT2D eigenvalue weighted by Gasteiger charge is 2.17. The van der Waals surface area contributed by atoms with Gasteiger partial charge < -0.3 is 4.74 Å². The molecule has 1 rings (SSSR count). The van der Waals surface area contributed by atoms with Crippen molar-refractivity contribution in [3.8, 4) is 0 Å². The molecule has 0 unspecified atom stereocenters. The van der Waals surface area contributed by atoms with Gasteiger partial charge in [0.15, 0.2) is 0 Å². The highest BCUT2D eigenvalue weighted by Crippen LogP contribution is 2.20. The van der Waals surface area contributed by atoms with Crippen LogP contribution in [0.5, 0.6) is 0 Å². The van der Waals surface area contributed by atoms with E-state index in [1.807, 2.05) is 18.7 Å². The molecule has 0 aliphatic rings. The third-order valence-corrected chi connectivity index (χ3v) is 2.99. The molecule has 0 spiro atoms. The van der Waals surface area contributed by atoms with Crippen LogP contribution in [0.1, 0.15) is 19.4 Å². The van der Waals surface area contributed by atoms with Gasteiger partial charge >= 0.3 is 5.97 Å². The molecule has 0 bridgehead atoms. The van der Waals surface area contributed by atoms with E-state index in [4.69, 9.17) is 11.6 Å². The Balaban J connectivity index is 2.83. The molecule has 0 fully saturated rings. The Bertz CT molecular complexity index is 423. The van der Waals surface area contributed by atoms with E-state index in [-0.39, 0.29) is 23.6 Å². The molecule has 0 N–H and O–H groups in total. The fraction of sp³-hybridized carbons (Fsp3) is 0.462. The van der Waals surface area contributed by atoms with Crippen LogP contribution in [0.15, 0.2) is 18.2 Å². The minimum absolute atomic E-state index is 0.0919. The first kappa shape index (κ1) is 14.9. The summed E-state index contributed by atoms with van der Waals surface area (Å²) in [6, 6.07) is 4.95. The lowest BCUT2D eigenvalue weighted by Crippen LogP contribution is -2.35. The van der Waals surface area contributed by atoms with Crippen molar-refractivity contribution in [3.05, 3.63) is 34.6 Å². The van der Waals surface area contributed by atoms with Gasteiger partial charge in [-0.1, -0.05) is 23.7 Å². The van der Waals surface area contributed by atoms with Gasteiger partial charge in [0, 0.05) is 18.2 Å². The Morgan fingerprint density at radius 2 is 2.17 bits per heavy atom. The molecule has 1 aromatic rings. The highest BCUT2D eigenvalue weighted by molar-refractivity contribution is 6.30. The number of carbonyl (C=O) groups excluding carboxylic acids is 1. The molecule has 0 aromatic heterocycles. The number of hydrogen-bond donors (Lipinski definition) is 0. The van der Waals surface area contributed by atoms with Crippen molar-refractivity contribution in [1.29, 1.82) is 0 Å². The Hall–Kier alpha value is -1.13. The second-order valence-electron chi connectivity index (χ2n) is 4.29. The molecule has 18 heavy (non-hydrogen) atoms. The molecular formula is C13H17ClFNO2. The molecular weight excluding hydrogens is 257 g/mol. The zero-order valence-electron chi connectivity index (χ0n) is 10.7. The Kier molecular flexibility index (Phi) is 5.56. The summed E-state index contributed by atoms with van der Waals surface area (Å²) >= 11 is 5.72. The summed E-state index contributed by atoms with van der Waals surface area (Å²) in [5.74, 6) is -0.777. The molecule has 0 atom stereocenters. The zero-order chi connectivity index (χ0) is 13.7. The molecule has 0 heterocycles. The molecule has 5 heteroatoms. The number of esters is 1. The second-order valence-corrected chi connectivity index (χ2v) is 4.70. The van der Waals surface area contributed by atoms with Gasteiger partial charge in [-0.2, -0.15) is 0 Å². The van der Waals surface area contributed by atoms with Crippen molar-refractivity contribution in [3.63, 3.8) is 0 Å². The van der Waals surface area contributed by atoms with Crippen LogP contribution in [-0.2, 0) is 16.1 Å². The van der Waals surface area contributed by atoms with Crippen molar-refractivity contribution in [1.82, 2.24) is 4.90 Å². The highest BCUT2D eigenvalue weighted by atomic mass is 35.5. The normalized spacial score (nSPS) is 11.1. The SMILES string of the molecule is COC(=O)CN(Cc1cccc(Cl)c1F)C(C)C. The van der Waals surface area contributed by atoms with Crippen LogP contribution in [0, 0.1) is 5.82 Å². The van der Waals surface area contributed by atoms with Crippen LogP contribution >= 0.6 is 11.6 Å². The molecule has 0 aliphatic carbocycles. The van der Waals surface area contributed by atoms with Gasteiger partial charge in [-0.25, -0.2) is 4.39 Å². The lowest BCUT2D eigenvalue weighted by atomic mass is 10.1. The largest absolute Gasteiger partial charge is 0.468 e. The Morgan fingerprint density at radius 1 is 1.50 bits per heavy atom. The zero-order valence-corrected chi connectivity index (χ0v) is 11.5. The minimum atomic E-state index is -0.435. The number of methoxy groups -OCH3 is 1. The van der Waals surface area contributed by atoms with E-state index in [0.29, 0.717) is 12.1 Å². The second kappa shape index (κ2) is 6.71. The summed E-state index contributed by atoms with van der Waals surface area (Å²) in [6.45, 7) is 4.32. The summed E-state index contributed by atoms with van der Waals surface area (Å²) in [7, 11) is 1.33. The van der Waals surface area contributed by atoms with Crippen LogP contribution in [0.3, 0.4) is 0 Å². The molecule has 1 aromatic carbocycles. The number of hydrogen-bond acceptors (Lipinski definition) is 3. The lowest BCUT2D eigenvalue weighted by Gasteiger charge is -2.25. The average molecular weight is 274 g/mol. The standard InChI is InChI=1S/C13H17ClFNO2/c1-9(2)16(8-12(17)18-3)7-10-5-4-6-11(14)13(10)15/h4-6,9H,7-8H2,1-3H3. The van der Waals surface area contributed by atoms with E-state index >= 15 is 0 Å². The van der Waals surface area contributed by atoms with Gasteiger partial charge in [0.25, 0.3) is 0 Å². The van der Waals surface area contributed by atoms with Crippen molar-refractivity contribution >= 4 is 17.6 Å². The predicted octanol–water partition coefficient (Wildman–Crippen LogP) is 2.86.